The molecule has 0 spiro atoms. The number of hydrogen-bond donors (Lipinski definition) is 3. The third-order valence-corrected chi connectivity index (χ3v) is 3.04. The van der Waals surface area contributed by atoms with Crippen molar-refractivity contribution in [2.45, 2.75) is 12.8 Å². The summed E-state index contributed by atoms with van der Waals surface area (Å²) >= 11 is 0. The molecule has 1 aromatic rings. The Kier molecular flexibility index (Phi) is 3.14. The molecule has 5 heteroatoms. The van der Waals surface area contributed by atoms with Gasteiger partial charge in [0.1, 0.15) is 11.6 Å². The van der Waals surface area contributed by atoms with E-state index >= 15 is 0 Å². The Bertz CT molecular complexity index is 369. The van der Waals surface area contributed by atoms with Crippen LogP contribution in [0.2, 0.25) is 0 Å². The molecule has 0 amide bonds. The van der Waals surface area contributed by atoms with Gasteiger partial charge in [0.25, 0.3) is 0 Å². The highest BCUT2D eigenvalue weighted by Gasteiger charge is 2.20. The van der Waals surface area contributed by atoms with E-state index in [1.54, 1.807) is 6.07 Å². The van der Waals surface area contributed by atoms with E-state index in [9.17, 15) is 0 Å². The summed E-state index contributed by atoms with van der Waals surface area (Å²) in [5.74, 6) is 1.57. The normalized spacial score (nSPS) is 21.1. The van der Waals surface area contributed by atoms with Crippen LogP contribution in [0.4, 0.5) is 17.3 Å². The first-order valence-corrected chi connectivity index (χ1v) is 5.58. The number of piperidine rings is 1. The smallest absolute Gasteiger partial charge is 0.149 e. The van der Waals surface area contributed by atoms with Gasteiger partial charge in [-0.15, -0.1) is 0 Å². The molecule has 1 aromatic heterocycles. The average Bonchev–Trinajstić information content (AvgIpc) is 2.33. The summed E-state index contributed by atoms with van der Waals surface area (Å²) < 4.78 is 0. The third kappa shape index (κ3) is 2.19. The minimum atomic E-state index is 0.237. The number of hydrogen-bond acceptors (Lipinski definition) is 5. The highest BCUT2D eigenvalue weighted by Crippen LogP contribution is 2.23. The van der Waals surface area contributed by atoms with Crippen LogP contribution in [0.5, 0.6) is 0 Å². The Morgan fingerprint density at radius 1 is 1.44 bits per heavy atom. The highest BCUT2D eigenvalue weighted by molar-refractivity contribution is 5.62. The van der Waals surface area contributed by atoms with Crippen molar-refractivity contribution in [2.75, 3.05) is 36.1 Å². The van der Waals surface area contributed by atoms with Crippen molar-refractivity contribution < 1.29 is 5.11 Å². The number of pyridine rings is 1. The van der Waals surface area contributed by atoms with Gasteiger partial charge in [-0.05, 0) is 30.9 Å². The van der Waals surface area contributed by atoms with E-state index in [2.05, 4.69) is 9.88 Å². The van der Waals surface area contributed by atoms with E-state index in [1.807, 2.05) is 6.07 Å². The van der Waals surface area contributed by atoms with Crippen LogP contribution in [-0.4, -0.2) is 29.8 Å². The van der Waals surface area contributed by atoms with Crippen LogP contribution < -0.4 is 16.4 Å². The second-order valence-corrected chi connectivity index (χ2v) is 4.28. The number of aliphatic hydroxyl groups is 1. The van der Waals surface area contributed by atoms with Gasteiger partial charge < -0.3 is 21.5 Å². The maximum absolute atomic E-state index is 9.16. The summed E-state index contributed by atoms with van der Waals surface area (Å²) in [6.07, 6.45) is 2.16. The number of nitrogen functional groups attached to an aromatic ring is 2. The van der Waals surface area contributed by atoms with Gasteiger partial charge in [-0.1, -0.05) is 0 Å². The van der Waals surface area contributed by atoms with E-state index in [1.165, 1.54) is 0 Å². The van der Waals surface area contributed by atoms with Crippen molar-refractivity contribution in [3.8, 4) is 0 Å². The summed E-state index contributed by atoms with van der Waals surface area (Å²) in [7, 11) is 0. The van der Waals surface area contributed by atoms with E-state index in [0.29, 0.717) is 17.4 Å². The molecule has 0 aromatic carbocycles. The predicted octanol–water partition coefficient (Wildman–Crippen LogP) is 0.455. The van der Waals surface area contributed by atoms with Crippen LogP contribution in [-0.2, 0) is 0 Å². The van der Waals surface area contributed by atoms with Gasteiger partial charge in [-0.3, -0.25) is 0 Å². The molecule has 0 radical (unpaired) electrons. The molecule has 2 rings (SSSR count). The van der Waals surface area contributed by atoms with Crippen LogP contribution in [0.25, 0.3) is 0 Å². The second kappa shape index (κ2) is 4.57. The van der Waals surface area contributed by atoms with Crippen molar-refractivity contribution in [3.63, 3.8) is 0 Å². The van der Waals surface area contributed by atoms with Gasteiger partial charge in [0.15, 0.2) is 0 Å². The molecule has 5 nitrogen and oxygen atoms in total. The van der Waals surface area contributed by atoms with Crippen molar-refractivity contribution in [3.05, 3.63) is 12.1 Å². The summed E-state index contributed by atoms with van der Waals surface area (Å²) in [6, 6.07) is 3.66. The fourth-order valence-corrected chi connectivity index (χ4v) is 2.07. The molecule has 1 unspecified atom stereocenters. The molecular formula is C11H18N4O. The Morgan fingerprint density at radius 2 is 2.25 bits per heavy atom. The zero-order valence-electron chi connectivity index (χ0n) is 9.26. The number of rotatable bonds is 2. The number of anilines is 3. The minimum Gasteiger partial charge on any atom is -0.396 e. The van der Waals surface area contributed by atoms with Gasteiger partial charge >= 0.3 is 0 Å². The first-order chi connectivity index (χ1) is 7.70. The number of nitrogens with two attached hydrogens (primary N) is 2. The molecule has 16 heavy (non-hydrogen) atoms. The molecule has 1 atom stereocenters. The number of aliphatic hydroxyl groups excluding tert-OH is 1. The van der Waals surface area contributed by atoms with Crippen LogP contribution in [0.3, 0.4) is 0 Å². The van der Waals surface area contributed by atoms with Gasteiger partial charge in [0.05, 0.1) is 5.69 Å². The van der Waals surface area contributed by atoms with Crippen molar-refractivity contribution in [1.29, 1.82) is 0 Å². The molecule has 0 aliphatic carbocycles. The topological polar surface area (TPSA) is 88.4 Å². The highest BCUT2D eigenvalue weighted by atomic mass is 16.3. The van der Waals surface area contributed by atoms with Crippen molar-refractivity contribution >= 4 is 17.3 Å². The molecule has 1 aliphatic rings. The lowest BCUT2D eigenvalue weighted by molar-refractivity contribution is 0.208. The first-order valence-electron chi connectivity index (χ1n) is 5.58. The predicted molar refractivity (Wildman–Crippen MR) is 65.1 cm³/mol. The maximum atomic E-state index is 9.16. The van der Waals surface area contributed by atoms with Crippen molar-refractivity contribution in [2.24, 2.45) is 5.92 Å². The van der Waals surface area contributed by atoms with Gasteiger partial charge in [0, 0.05) is 19.7 Å². The fraction of sp³-hybridized carbons (Fsp3) is 0.545. The summed E-state index contributed by atoms with van der Waals surface area (Å²) in [5, 5.41) is 9.16. The number of nitrogens with zero attached hydrogens (tertiary/aromatic N) is 2. The summed E-state index contributed by atoms with van der Waals surface area (Å²) in [6.45, 7) is 2.04. The van der Waals surface area contributed by atoms with Crippen LogP contribution in [0.15, 0.2) is 12.1 Å². The maximum Gasteiger partial charge on any atom is 0.149 e. The van der Waals surface area contributed by atoms with Gasteiger partial charge in [-0.25, -0.2) is 4.98 Å². The van der Waals surface area contributed by atoms with E-state index in [-0.39, 0.29) is 6.61 Å². The average molecular weight is 222 g/mol. The molecule has 0 bridgehead atoms. The first kappa shape index (κ1) is 11.0. The molecule has 1 saturated heterocycles. The Labute approximate surface area is 95.1 Å². The van der Waals surface area contributed by atoms with Gasteiger partial charge in [-0.2, -0.15) is 0 Å². The fourth-order valence-electron chi connectivity index (χ4n) is 2.07. The Balaban J connectivity index is 2.13. The largest absolute Gasteiger partial charge is 0.396 e. The Morgan fingerprint density at radius 3 is 2.94 bits per heavy atom. The molecular weight excluding hydrogens is 204 g/mol. The number of aromatic nitrogens is 1. The Hall–Kier alpha value is -1.49. The lowest BCUT2D eigenvalue weighted by Crippen LogP contribution is -2.37. The SMILES string of the molecule is Nc1ccc(N2CCCC(CO)C2)nc1N. The van der Waals surface area contributed by atoms with E-state index in [0.717, 1.165) is 31.7 Å². The lowest BCUT2D eigenvalue weighted by atomic mass is 9.99. The minimum absolute atomic E-state index is 0.237. The molecule has 88 valence electrons. The van der Waals surface area contributed by atoms with E-state index < -0.39 is 0 Å². The summed E-state index contributed by atoms with van der Waals surface area (Å²) in [4.78, 5) is 6.42. The van der Waals surface area contributed by atoms with Crippen molar-refractivity contribution in [1.82, 2.24) is 4.98 Å². The van der Waals surface area contributed by atoms with Crippen LogP contribution in [0.1, 0.15) is 12.8 Å². The third-order valence-electron chi connectivity index (χ3n) is 3.04. The molecule has 2 heterocycles. The van der Waals surface area contributed by atoms with E-state index in [4.69, 9.17) is 16.6 Å². The molecule has 0 saturated carbocycles. The monoisotopic (exact) mass is 222 g/mol. The quantitative estimate of drug-likeness (QED) is 0.676. The van der Waals surface area contributed by atoms with Crippen LogP contribution in [0, 0.1) is 5.92 Å². The zero-order valence-corrected chi connectivity index (χ0v) is 9.26. The zero-order chi connectivity index (χ0) is 11.5. The lowest BCUT2D eigenvalue weighted by Gasteiger charge is -2.32. The molecule has 1 aliphatic heterocycles. The molecule has 5 N–H and O–H groups in total. The van der Waals surface area contributed by atoms with Gasteiger partial charge in [0.2, 0.25) is 0 Å². The molecule has 1 fully saturated rings. The standard InChI is InChI=1S/C11H18N4O/c12-9-3-4-10(14-11(9)13)15-5-1-2-8(6-15)7-16/h3-4,8,16H,1-2,5-7,12H2,(H2,13,14). The van der Waals surface area contributed by atoms with Crippen LogP contribution >= 0.6 is 0 Å². The second-order valence-electron chi connectivity index (χ2n) is 4.28. The summed E-state index contributed by atoms with van der Waals surface area (Å²) in [5.41, 5.74) is 11.8.